The average molecular weight is 256 g/mol. The number of hydrogen-bond acceptors (Lipinski definition) is 5. The van der Waals surface area contributed by atoms with E-state index < -0.39 is 5.82 Å². The van der Waals surface area contributed by atoms with Gasteiger partial charge in [-0.25, -0.2) is 9.37 Å². The zero-order chi connectivity index (χ0) is 13.2. The standard InChI is InChI=1S/C13H9FN4O/c14-9-4-5-11(16-7-9)12-17-13(19-18-12)8-2-1-3-10(15)6-8/h1-7H,15H2. The van der Waals surface area contributed by atoms with Crippen LogP contribution in [0.2, 0.25) is 0 Å². The number of hydrogen-bond donors (Lipinski definition) is 1. The van der Waals surface area contributed by atoms with Gasteiger partial charge in [-0.05, 0) is 30.3 Å². The number of aromatic nitrogens is 3. The third-order valence-corrected chi connectivity index (χ3v) is 2.52. The van der Waals surface area contributed by atoms with E-state index in [1.807, 2.05) is 6.07 Å². The molecule has 94 valence electrons. The Kier molecular flexibility index (Phi) is 2.68. The Labute approximate surface area is 107 Å². The third kappa shape index (κ3) is 2.28. The van der Waals surface area contributed by atoms with E-state index in [1.165, 1.54) is 12.1 Å². The summed E-state index contributed by atoms with van der Waals surface area (Å²) in [5.74, 6) is 0.231. The van der Waals surface area contributed by atoms with Gasteiger partial charge in [0, 0.05) is 11.3 Å². The third-order valence-electron chi connectivity index (χ3n) is 2.52. The van der Waals surface area contributed by atoms with Crippen molar-refractivity contribution in [2.75, 3.05) is 5.73 Å². The summed E-state index contributed by atoms with van der Waals surface area (Å²) in [4.78, 5) is 8.09. The van der Waals surface area contributed by atoms with Crippen molar-refractivity contribution in [1.82, 2.24) is 15.1 Å². The maximum Gasteiger partial charge on any atom is 0.258 e. The number of nitrogen functional groups attached to an aromatic ring is 1. The lowest BCUT2D eigenvalue weighted by Gasteiger charge is -1.95. The summed E-state index contributed by atoms with van der Waals surface area (Å²) in [6, 6.07) is 9.89. The van der Waals surface area contributed by atoms with Crippen LogP contribution in [0, 0.1) is 5.82 Å². The summed E-state index contributed by atoms with van der Waals surface area (Å²) in [5, 5.41) is 3.81. The summed E-state index contributed by atoms with van der Waals surface area (Å²) in [5.41, 5.74) is 7.46. The molecule has 0 bridgehead atoms. The van der Waals surface area contributed by atoms with Crippen molar-refractivity contribution in [1.29, 1.82) is 0 Å². The normalized spacial score (nSPS) is 10.6. The van der Waals surface area contributed by atoms with Crippen LogP contribution < -0.4 is 5.73 Å². The van der Waals surface area contributed by atoms with E-state index in [2.05, 4.69) is 15.1 Å². The summed E-state index contributed by atoms with van der Waals surface area (Å²) < 4.78 is 17.9. The minimum absolute atomic E-state index is 0.303. The molecule has 0 aliphatic carbocycles. The molecule has 0 aliphatic rings. The van der Waals surface area contributed by atoms with Gasteiger partial charge in [0.15, 0.2) is 0 Å². The first kappa shape index (κ1) is 11.3. The Hall–Kier alpha value is -2.76. The molecule has 2 heterocycles. The fourth-order valence-corrected chi connectivity index (χ4v) is 1.62. The molecule has 0 unspecified atom stereocenters. The van der Waals surface area contributed by atoms with Crippen LogP contribution in [0.1, 0.15) is 0 Å². The van der Waals surface area contributed by atoms with Gasteiger partial charge >= 0.3 is 0 Å². The number of anilines is 1. The highest BCUT2D eigenvalue weighted by Crippen LogP contribution is 2.22. The first-order valence-electron chi connectivity index (χ1n) is 5.54. The van der Waals surface area contributed by atoms with Crippen molar-refractivity contribution >= 4 is 5.69 Å². The minimum Gasteiger partial charge on any atom is -0.399 e. The molecule has 0 radical (unpaired) electrons. The van der Waals surface area contributed by atoms with Crippen LogP contribution in [0.4, 0.5) is 10.1 Å². The predicted molar refractivity (Wildman–Crippen MR) is 67.3 cm³/mol. The van der Waals surface area contributed by atoms with Gasteiger partial charge in [0.25, 0.3) is 5.89 Å². The number of rotatable bonds is 2. The van der Waals surface area contributed by atoms with Crippen LogP contribution in [0.3, 0.4) is 0 Å². The lowest BCUT2D eigenvalue weighted by molar-refractivity contribution is 0.432. The van der Waals surface area contributed by atoms with Gasteiger partial charge in [0.05, 0.1) is 6.20 Å². The van der Waals surface area contributed by atoms with E-state index in [0.717, 1.165) is 11.8 Å². The molecule has 2 aromatic heterocycles. The highest BCUT2D eigenvalue weighted by atomic mass is 19.1. The number of nitrogens with zero attached hydrogens (tertiary/aromatic N) is 3. The molecular weight excluding hydrogens is 247 g/mol. The molecule has 1 aromatic carbocycles. The van der Waals surface area contributed by atoms with Gasteiger partial charge in [-0.2, -0.15) is 4.98 Å². The molecule has 0 fully saturated rings. The number of pyridine rings is 1. The average Bonchev–Trinajstić information content (AvgIpc) is 2.89. The van der Waals surface area contributed by atoms with E-state index in [4.69, 9.17) is 10.3 Å². The van der Waals surface area contributed by atoms with Crippen molar-refractivity contribution in [2.45, 2.75) is 0 Å². The molecule has 0 saturated carbocycles. The molecule has 0 spiro atoms. The Morgan fingerprint density at radius 3 is 2.79 bits per heavy atom. The molecule has 2 N–H and O–H groups in total. The van der Waals surface area contributed by atoms with Crippen LogP contribution in [0.15, 0.2) is 47.1 Å². The smallest absolute Gasteiger partial charge is 0.258 e. The van der Waals surface area contributed by atoms with Crippen molar-refractivity contribution in [3.8, 4) is 23.0 Å². The van der Waals surface area contributed by atoms with Crippen LogP contribution in [0.25, 0.3) is 23.0 Å². The van der Waals surface area contributed by atoms with Gasteiger partial charge in [-0.15, -0.1) is 0 Å². The maximum atomic E-state index is 12.8. The predicted octanol–water partition coefficient (Wildman–Crippen LogP) is 2.52. The van der Waals surface area contributed by atoms with Crippen molar-refractivity contribution in [3.63, 3.8) is 0 Å². The SMILES string of the molecule is Nc1cccc(-c2nc(-c3ccc(F)cn3)no2)c1. The van der Waals surface area contributed by atoms with Crippen molar-refractivity contribution in [3.05, 3.63) is 48.4 Å². The highest BCUT2D eigenvalue weighted by Gasteiger charge is 2.11. The van der Waals surface area contributed by atoms with Crippen LogP contribution in [0.5, 0.6) is 0 Å². The summed E-state index contributed by atoms with van der Waals surface area (Å²) in [6.45, 7) is 0. The molecule has 3 aromatic rings. The van der Waals surface area contributed by atoms with E-state index in [9.17, 15) is 4.39 Å². The van der Waals surface area contributed by atoms with Crippen molar-refractivity contribution < 1.29 is 8.91 Å². The van der Waals surface area contributed by atoms with Gasteiger partial charge in [0.2, 0.25) is 5.82 Å². The summed E-state index contributed by atoms with van der Waals surface area (Å²) in [6.07, 6.45) is 1.10. The Morgan fingerprint density at radius 1 is 1.16 bits per heavy atom. The number of nitrogens with two attached hydrogens (primary N) is 1. The second-order valence-corrected chi connectivity index (χ2v) is 3.91. The second kappa shape index (κ2) is 4.49. The number of halogens is 1. The first-order chi connectivity index (χ1) is 9.22. The lowest BCUT2D eigenvalue weighted by Crippen LogP contribution is -1.87. The monoisotopic (exact) mass is 256 g/mol. The van der Waals surface area contributed by atoms with Crippen LogP contribution in [-0.2, 0) is 0 Å². The quantitative estimate of drug-likeness (QED) is 0.713. The van der Waals surface area contributed by atoms with Gasteiger partial charge < -0.3 is 10.3 Å². The molecule has 0 aliphatic heterocycles. The molecular formula is C13H9FN4O. The Morgan fingerprint density at radius 2 is 2.05 bits per heavy atom. The van der Waals surface area contributed by atoms with E-state index in [-0.39, 0.29) is 0 Å². The fraction of sp³-hybridized carbons (Fsp3) is 0. The molecule has 0 atom stereocenters. The van der Waals surface area contributed by atoms with Crippen molar-refractivity contribution in [2.24, 2.45) is 0 Å². The molecule has 19 heavy (non-hydrogen) atoms. The molecule has 3 rings (SSSR count). The van der Waals surface area contributed by atoms with Gasteiger partial charge in [-0.3, -0.25) is 0 Å². The zero-order valence-corrected chi connectivity index (χ0v) is 9.75. The zero-order valence-electron chi connectivity index (χ0n) is 9.75. The highest BCUT2D eigenvalue weighted by molar-refractivity contribution is 5.61. The molecule has 5 nitrogen and oxygen atoms in total. The minimum atomic E-state index is -0.414. The van der Waals surface area contributed by atoms with E-state index in [1.54, 1.807) is 18.2 Å². The lowest BCUT2D eigenvalue weighted by atomic mass is 10.2. The summed E-state index contributed by atoms with van der Waals surface area (Å²) >= 11 is 0. The Balaban J connectivity index is 1.97. The second-order valence-electron chi connectivity index (χ2n) is 3.91. The maximum absolute atomic E-state index is 12.8. The van der Waals surface area contributed by atoms with Gasteiger partial charge in [0.1, 0.15) is 11.5 Å². The topological polar surface area (TPSA) is 77.8 Å². The molecule has 0 amide bonds. The van der Waals surface area contributed by atoms with Crippen LogP contribution in [-0.4, -0.2) is 15.1 Å². The largest absolute Gasteiger partial charge is 0.399 e. The Bertz CT molecular complexity index is 709. The van der Waals surface area contributed by atoms with E-state index in [0.29, 0.717) is 23.1 Å². The molecule has 0 saturated heterocycles. The first-order valence-corrected chi connectivity index (χ1v) is 5.54. The summed E-state index contributed by atoms with van der Waals surface area (Å²) in [7, 11) is 0. The van der Waals surface area contributed by atoms with Crippen LogP contribution >= 0.6 is 0 Å². The van der Waals surface area contributed by atoms with E-state index >= 15 is 0 Å². The molecule has 6 heteroatoms. The van der Waals surface area contributed by atoms with Gasteiger partial charge in [-0.1, -0.05) is 11.2 Å². The number of benzene rings is 1. The fourth-order valence-electron chi connectivity index (χ4n) is 1.62.